The smallest absolute Gasteiger partial charge is 0.271 e. The SMILES string of the molecule is C/C(=N\NC(=O)C1=CC(Cl)CC=C1)c1ccccc1O. The molecule has 5 heteroatoms. The van der Waals surface area contributed by atoms with E-state index in [0.29, 0.717) is 16.8 Å². The predicted octanol–water partition coefficient (Wildman–Crippen LogP) is 2.73. The van der Waals surface area contributed by atoms with Gasteiger partial charge in [-0.05, 0) is 25.5 Å². The van der Waals surface area contributed by atoms with Gasteiger partial charge in [-0.25, -0.2) is 5.43 Å². The first kappa shape index (κ1) is 14.3. The van der Waals surface area contributed by atoms with Crippen molar-refractivity contribution in [3.63, 3.8) is 0 Å². The third-order valence-corrected chi connectivity index (χ3v) is 3.20. The van der Waals surface area contributed by atoms with Crippen LogP contribution in [0.3, 0.4) is 0 Å². The van der Waals surface area contributed by atoms with Gasteiger partial charge in [0.05, 0.1) is 11.1 Å². The van der Waals surface area contributed by atoms with Crippen LogP contribution in [-0.4, -0.2) is 22.1 Å². The van der Waals surface area contributed by atoms with E-state index in [0.717, 1.165) is 6.42 Å². The second-order valence-corrected chi connectivity index (χ2v) is 4.99. The molecule has 0 spiro atoms. The van der Waals surface area contributed by atoms with Crippen LogP contribution in [0.15, 0.2) is 53.2 Å². The summed E-state index contributed by atoms with van der Waals surface area (Å²) in [4.78, 5) is 11.9. The summed E-state index contributed by atoms with van der Waals surface area (Å²) in [6.07, 6.45) is 5.99. The number of phenolic OH excluding ortho intramolecular Hbond substituents is 1. The highest BCUT2D eigenvalue weighted by molar-refractivity contribution is 6.22. The number of hydrogen-bond donors (Lipinski definition) is 2. The minimum absolute atomic E-state index is 0.126. The number of carbonyl (C=O) groups is 1. The van der Waals surface area contributed by atoms with E-state index < -0.39 is 0 Å². The number of hydrogen-bond acceptors (Lipinski definition) is 3. The van der Waals surface area contributed by atoms with Gasteiger partial charge in [-0.3, -0.25) is 4.79 Å². The number of carbonyl (C=O) groups excluding carboxylic acids is 1. The molecule has 1 amide bonds. The number of amides is 1. The van der Waals surface area contributed by atoms with Crippen molar-refractivity contribution in [2.45, 2.75) is 18.7 Å². The normalized spacial score (nSPS) is 18.6. The Bertz CT molecular complexity index is 606. The monoisotopic (exact) mass is 290 g/mol. The number of benzene rings is 1. The molecule has 1 atom stereocenters. The Morgan fingerprint density at radius 1 is 1.45 bits per heavy atom. The predicted molar refractivity (Wildman–Crippen MR) is 79.9 cm³/mol. The Hall–Kier alpha value is -2.07. The van der Waals surface area contributed by atoms with E-state index in [4.69, 9.17) is 11.6 Å². The summed E-state index contributed by atoms with van der Waals surface area (Å²) in [7, 11) is 0. The van der Waals surface area contributed by atoms with Crippen molar-refractivity contribution in [2.75, 3.05) is 0 Å². The minimum atomic E-state index is -0.318. The van der Waals surface area contributed by atoms with Crippen molar-refractivity contribution >= 4 is 23.2 Å². The number of halogens is 1. The van der Waals surface area contributed by atoms with Gasteiger partial charge in [-0.2, -0.15) is 5.10 Å². The molecule has 0 aromatic heterocycles. The molecule has 1 aromatic rings. The lowest BCUT2D eigenvalue weighted by Crippen LogP contribution is -2.22. The molecule has 0 saturated carbocycles. The molecule has 104 valence electrons. The maximum Gasteiger partial charge on any atom is 0.271 e. The fourth-order valence-corrected chi connectivity index (χ4v) is 2.07. The van der Waals surface area contributed by atoms with Crippen LogP contribution in [0.25, 0.3) is 0 Å². The summed E-state index contributed by atoms with van der Waals surface area (Å²) in [5.41, 5.74) is 4.06. The van der Waals surface area contributed by atoms with Crippen molar-refractivity contribution in [3.05, 3.63) is 53.6 Å². The molecule has 1 aliphatic rings. The van der Waals surface area contributed by atoms with Crippen molar-refractivity contribution in [2.24, 2.45) is 5.10 Å². The molecule has 1 aromatic carbocycles. The molecule has 20 heavy (non-hydrogen) atoms. The van der Waals surface area contributed by atoms with E-state index >= 15 is 0 Å². The minimum Gasteiger partial charge on any atom is -0.507 e. The number of phenols is 1. The maximum atomic E-state index is 11.9. The number of nitrogens with zero attached hydrogens (tertiary/aromatic N) is 1. The molecule has 0 radical (unpaired) electrons. The maximum absolute atomic E-state index is 11.9. The Balaban J connectivity index is 2.08. The van der Waals surface area contributed by atoms with Crippen LogP contribution in [0.2, 0.25) is 0 Å². The third-order valence-electron chi connectivity index (χ3n) is 2.90. The number of rotatable bonds is 3. The first-order valence-corrected chi connectivity index (χ1v) is 6.67. The van der Waals surface area contributed by atoms with E-state index in [2.05, 4.69) is 10.5 Å². The van der Waals surface area contributed by atoms with E-state index in [1.54, 1.807) is 43.3 Å². The molecular formula is C15H15ClN2O2. The summed E-state index contributed by atoms with van der Waals surface area (Å²) in [6, 6.07) is 6.82. The molecular weight excluding hydrogens is 276 g/mol. The zero-order chi connectivity index (χ0) is 14.5. The van der Waals surface area contributed by atoms with Gasteiger partial charge in [0.1, 0.15) is 5.75 Å². The van der Waals surface area contributed by atoms with Crippen molar-refractivity contribution < 1.29 is 9.90 Å². The van der Waals surface area contributed by atoms with Crippen LogP contribution < -0.4 is 5.43 Å². The molecule has 0 heterocycles. The molecule has 0 aliphatic heterocycles. The van der Waals surface area contributed by atoms with Gasteiger partial charge in [-0.1, -0.05) is 30.4 Å². The summed E-state index contributed by atoms with van der Waals surface area (Å²) >= 11 is 5.96. The van der Waals surface area contributed by atoms with Crippen LogP contribution in [0.1, 0.15) is 18.9 Å². The number of para-hydroxylation sites is 1. The van der Waals surface area contributed by atoms with Crippen LogP contribution >= 0.6 is 11.6 Å². The summed E-state index contributed by atoms with van der Waals surface area (Å²) < 4.78 is 0. The zero-order valence-electron chi connectivity index (χ0n) is 11.0. The topological polar surface area (TPSA) is 61.7 Å². The van der Waals surface area contributed by atoms with Crippen molar-refractivity contribution in [3.8, 4) is 5.75 Å². The van der Waals surface area contributed by atoms with Crippen LogP contribution in [-0.2, 0) is 4.79 Å². The standard InChI is InChI=1S/C15H15ClN2O2/c1-10(13-7-2-3-8-14(13)19)17-18-15(20)11-5-4-6-12(16)9-11/h2-5,7-9,12,19H,6H2,1H3,(H,18,20)/b17-10+. The highest BCUT2D eigenvalue weighted by atomic mass is 35.5. The Labute approximate surface area is 122 Å². The average Bonchev–Trinajstić information content (AvgIpc) is 2.45. The Kier molecular flexibility index (Phi) is 4.58. The van der Waals surface area contributed by atoms with Gasteiger partial charge < -0.3 is 5.11 Å². The quantitative estimate of drug-likeness (QED) is 0.511. The average molecular weight is 291 g/mol. The molecule has 2 N–H and O–H groups in total. The molecule has 1 aliphatic carbocycles. The van der Waals surface area contributed by atoms with Gasteiger partial charge in [0.15, 0.2) is 0 Å². The van der Waals surface area contributed by atoms with Crippen LogP contribution in [0.5, 0.6) is 5.75 Å². The fourth-order valence-electron chi connectivity index (χ4n) is 1.83. The molecule has 2 rings (SSSR count). The number of alkyl halides is 1. The van der Waals surface area contributed by atoms with E-state index in [-0.39, 0.29) is 17.0 Å². The lowest BCUT2D eigenvalue weighted by Gasteiger charge is -2.10. The Morgan fingerprint density at radius 2 is 2.20 bits per heavy atom. The van der Waals surface area contributed by atoms with Gasteiger partial charge in [0.25, 0.3) is 5.91 Å². The van der Waals surface area contributed by atoms with E-state index in [1.165, 1.54) is 0 Å². The van der Waals surface area contributed by atoms with Gasteiger partial charge in [0, 0.05) is 11.1 Å². The second-order valence-electron chi connectivity index (χ2n) is 4.43. The Morgan fingerprint density at radius 3 is 2.90 bits per heavy atom. The number of nitrogens with one attached hydrogen (secondary N) is 1. The second kappa shape index (κ2) is 6.39. The zero-order valence-corrected chi connectivity index (χ0v) is 11.8. The largest absolute Gasteiger partial charge is 0.507 e. The summed E-state index contributed by atoms with van der Waals surface area (Å²) in [5, 5.41) is 13.5. The number of allylic oxidation sites excluding steroid dienone is 2. The molecule has 0 fully saturated rings. The van der Waals surface area contributed by atoms with Crippen molar-refractivity contribution in [1.82, 2.24) is 5.43 Å². The molecule has 0 bridgehead atoms. The highest BCUT2D eigenvalue weighted by Gasteiger charge is 2.12. The first-order valence-electron chi connectivity index (χ1n) is 6.23. The summed E-state index contributed by atoms with van der Waals surface area (Å²) in [5.74, 6) is -0.193. The van der Waals surface area contributed by atoms with Gasteiger partial charge in [-0.15, -0.1) is 11.6 Å². The van der Waals surface area contributed by atoms with Gasteiger partial charge >= 0.3 is 0 Å². The van der Waals surface area contributed by atoms with Crippen LogP contribution in [0.4, 0.5) is 0 Å². The number of aromatic hydroxyl groups is 1. The van der Waals surface area contributed by atoms with Crippen molar-refractivity contribution in [1.29, 1.82) is 0 Å². The molecule has 0 saturated heterocycles. The molecule has 1 unspecified atom stereocenters. The van der Waals surface area contributed by atoms with E-state index in [1.807, 2.05) is 6.08 Å². The first-order chi connectivity index (χ1) is 9.58. The lowest BCUT2D eigenvalue weighted by atomic mass is 10.1. The third kappa shape index (κ3) is 3.48. The summed E-state index contributed by atoms with van der Waals surface area (Å²) in [6.45, 7) is 1.71. The number of hydrazone groups is 1. The van der Waals surface area contributed by atoms with Gasteiger partial charge in [0.2, 0.25) is 0 Å². The molecule has 4 nitrogen and oxygen atoms in total. The van der Waals surface area contributed by atoms with Crippen LogP contribution in [0, 0.1) is 0 Å². The van der Waals surface area contributed by atoms with E-state index in [9.17, 15) is 9.90 Å². The lowest BCUT2D eigenvalue weighted by molar-refractivity contribution is -0.117. The highest BCUT2D eigenvalue weighted by Crippen LogP contribution is 2.17. The fraction of sp³-hybridized carbons (Fsp3) is 0.200.